The molecule has 2 N–H and O–H groups in total. The van der Waals surface area contributed by atoms with E-state index in [0.717, 1.165) is 43.3 Å². The molecular formula is C20H26N3O2+. The summed E-state index contributed by atoms with van der Waals surface area (Å²) in [5.74, 6) is 0.640. The number of rotatable bonds is 5. The summed E-state index contributed by atoms with van der Waals surface area (Å²) in [6, 6.07) is 15.2. The number of para-hydroxylation sites is 2. The van der Waals surface area contributed by atoms with Crippen LogP contribution in [0.15, 0.2) is 48.5 Å². The summed E-state index contributed by atoms with van der Waals surface area (Å²) >= 11 is 0. The van der Waals surface area contributed by atoms with E-state index in [9.17, 15) is 4.79 Å². The lowest BCUT2D eigenvalue weighted by molar-refractivity contribution is -0.898. The Morgan fingerprint density at radius 3 is 2.44 bits per heavy atom. The molecule has 1 fully saturated rings. The van der Waals surface area contributed by atoms with Gasteiger partial charge in [-0.05, 0) is 43.3 Å². The zero-order valence-electron chi connectivity index (χ0n) is 14.9. The van der Waals surface area contributed by atoms with Crippen molar-refractivity contribution in [2.24, 2.45) is 0 Å². The zero-order chi connectivity index (χ0) is 17.6. The van der Waals surface area contributed by atoms with E-state index in [4.69, 9.17) is 4.74 Å². The van der Waals surface area contributed by atoms with Gasteiger partial charge in [0, 0.05) is 5.56 Å². The highest BCUT2D eigenvalue weighted by Crippen LogP contribution is 2.26. The second kappa shape index (κ2) is 8.03. The van der Waals surface area contributed by atoms with Crippen molar-refractivity contribution in [2.45, 2.75) is 6.92 Å². The lowest BCUT2D eigenvalue weighted by Crippen LogP contribution is -3.14. The number of amides is 1. The maximum Gasteiger partial charge on any atom is 0.255 e. The summed E-state index contributed by atoms with van der Waals surface area (Å²) in [4.78, 5) is 16.6. The molecule has 1 aliphatic rings. The monoisotopic (exact) mass is 340 g/mol. The third kappa shape index (κ3) is 4.12. The third-order valence-corrected chi connectivity index (χ3v) is 4.82. The van der Waals surface area contributed by atoms with Crippen LogP contribution in [0.1, 0.15) is 17.3 Å². The van der Waals surface area contributed by atoms with Crippen molar-refractivity contribution >= 4 is 17.3 Å². The Balaban J connectivity index is 1.73. The highest BCUT2D eigenvalue weighted by atomic mass is 16.5. The molecule has 0 radical (unpaired) electrons. The number of hydrogen-bond acceptors (Lipinski definition) is 3. The van der Waals surface area contributed by atoms with Crippen LogP contribution < -0.4 is 19.9 Å². The van der Waals surface area contributed by atoms with Gasteiger partial charge < -0.3 is 19.9 Å². The highest BCUT2D eigenvalue weighted by molar-refractivity contribution is 6.06. The molecule has 0 aromatic heterocycles. The van der Waals surface area contributed by atoms with Gasteiger partial charge in [0.2, 0.25) is 0 Å². The van der Waals surface area contributed by atoms with Gasteiger partial charge in [-0.2, -0.15) is 0 Å². The largest absolute Gasteiger partial charge is 0.497 e. The van der Waals surface area contributed by atoms with Crippen LogP contribution in [0.5, 0.6) is 5.75 Å². The van der Waals surface area contributed by atoms with Gasteiger partial charge >= 0.3 is 0 Å². The standard InChI is InChI=1S/C20H25N3O2/c1-3-22-12-14-23(15-13-22)19-7-5-4-6-18(19)21-20(24)16-8-10-17(25-2)11-9-16/h4-11H,3,12-15H2,1-2H3,(H,21,24)/p+1. The quantitative estimate of drug-likeness (QED) is 0.870. The number of nitrogens with zero attached hydrogens (tertiary/aromatic N) is 1. The predicted octanol–water partition coefficient (Wildman–Crippen LogP) is 1.67. The van der Waals surface area contributed by atoms with E-state index in [0.29, 0.717) is 5.56 Å². The average Bonchev–Trinajstić information content (AvgIpc) is 2.68. The molecule has 0 aliphatic carbocycles. The molecule has 2 aromatic carbocycles. The number of quaternary nitrogens is 1. The molecule has 0 bridgehead atoms. The second-order valence-corrected chi connectivity index (χ2v) is 6.29. The number of anilines is 2. The Bertz CT molecular complexity index is 707. The number of hydrogen-bond donors (Lipinski definition) is 2. The fourth-order valence-corrected chi connectivity index (χ4v) is 3.21. The Hall–Kier alpha value is -2.53. The Morgan fingerprint density at radius 1 is 1.12 bits per heavy atom. The van der Waals surface area contributed by atoms with E-state index >= 15 is 0 Å². The summed E-state index contributed by atoms with van der Waals surface area (Å²) in [5, 5.41) is 3.06. The summed E-state index contributed by atoms with van der Waals surface area (Å²) < 4.78 is 5.14. The van der Waals surface area contributed by atoms with Crippen LogP contribution >= 0.6 is 0 Å². The van der Waals surface area contributed by atoms with Crippen molar-refractivity contribution in [2.75, 3.05) is 50.1 Å². The van der Waals surface area contributed by atoms with Crippen LogP contribution in [0.4, 0.5) is 11.4 Å². The maximum absolute atomic E-state index is 12.6. The number of likely N-dealkylation sites (N-methyl/N-ethyl adjacent to an activating group) is 1. The van der Waals surface area contributed by atoms with E-state index < -0.39 is 0 Å². The molecule has 25 heavy (non-hydrogen) atoms. The molecule has 0 spiro atoms. The second-order valence-electron chi connectivity index (χ2n) is 6.29. The minimum Gasteiger partial charge on any atom is -0.497 e. The molecular weight excluding hydrogens is 314 g/mol. The Morgan fingerprint density at radius 2 is 1.80 bits per heavy atom. The van der Waals surface area contributed by atoms with Crippen LogP contribution in [-0.4, -0.2) is 45.7 Å². The van der Waals surface area contributed by atoms with Crippen LogP contribution in [-0.2, 0) is 0 Å². The molecule has 1 heterocycles. The molecule has 3 rings (SSSR count). The lowest BCUT2D eigenvalue weighted by atomic mass is 10.1. The molecule has 0 unspecified atom stereocenters. The number of carbonyl (C=O) groups excluding carboxylic acids is 1. The van der Waals surface area contributed by atoms with Crippen molar-refractivity contribution in [1.29, 1.82) is 0 Å². The minimum atomic E-state index is -0.104. The van der Waals surface area contributed by atoms with Gasteiger partial charge in [0.1, 0.15) is 5.75 Å². The van der Waals surface area contributed by atoms with Gasteiger partial charge in [-0.25, -0.2) is 0 Å². The van der Waals surface area contributed by atoms with Gasteiger partial charge in [-0.1, -0.05) is 12.1 Å². The smallest absolute Gasteiger partial charge is 0.255 e. The molecule has 1 amide bonds. The fraction of sp³-hybridized carbons (Fsp3) is 0.350. The van der Waals surface area contributed by atoms with Gasteiger partial charge in [-0.3, -0.25) is 4.79 Å². The van der Waals surface area contributed by atoms with Crippen LogP contribution in [0.2, 0.25) is 0 Å². The first-order valence-corrected chi connectivity index (χ1v) is 8.84. The highest BCUT2D eigenvalue weighted by Gasteiger charge is 2.21. The minimum absolute atomic E-state index is 0.104. The topological polar surface area (TPSA) is 46.0 Å². The van der Waals surface area contributed by atoms with E-state index in [2.05, 4.69) is 23.2 Å². The summed E-state index contributed by atoms with van der Waals surface area (Å²) in [5.41, 5.74) is 2.58. The molecule has 2 aromatic rings. The summed E-state index contributed by atoms with van der Waals surface area (Å²) in [7, 11) is 1.62. The average molecular weight is 340 g/mol. The van der Waals surface area contributed by atoms with Crippen LogP contribution in [0, 0.1) is 0 Å². The van der Waals surface area contributed by atoms with Crippen molar-refractivity contribution < 1.29 is 14.4 Å². The summed E-state index contributed by atoms with van der Waals surface area (Å²) in [6.45, 7) is 7.70. The van der Waals surface area contributed by atoms with Crippen molar-refractivity contribution in [3.8, 4) is 5.75 Å². The molecule has 0 saturated carbocycles. The normalized spacial score (nSPS) is 15.0. The molecule has 132 valence electrons. The third-order valence-electron chi connectivity index (χ3n) is 4.82. The van der Waals surface area contributed by atoms with E-state index in [1.165, 1.54) is 6.54 Å². The molecule has 5 heteroatoms. The van der Waals surface area contributed by atoms with Gasteiger partial charge in [0.25, 0.3) is 5.91 Å². The predicted molar refractivity (Wildman–Crippen MR) is 101 cm³/mol. The van der Waals surface area contributed by atoms with Crippen molar-refractivity contribution in [3.63, 3.8) is 0 Å². The molecule has 1 saturated heterocycles. The first kappa shape index (κ1) is 17.3. The van der Waals surface area contributed by atoms with Crippen LogP contribution in [0.3, 0.4) is 0 Å². The van der Waals surface area contributed by atoms with E-state index in [-0.39, 0.29) is 5.91 Å². The number of ether oxygens (including phenoxy) is 1. The van der Waals surface area contributed by atoms with Crippen molar-refractivity contribution in [1.82, 2.24) is 0 Å². The Kier molecular flexibility index (Phi) is 5.56. The number of benzene rings is 2. The summed E-state index contributed by atoms with van der Waals surface area (Å²) in [6.07, 6.45) is 0. The molecule has 5 nitrogen and oxygen atoms in total. The number of carbonyl (C=O) groups is 1. The fourth-order valence-electron chi connectivity index (χ4n) is 3.21. The molecule has 1 aliphatic heterocycles. The van der Waals surface area contributed by atoms with Gasteiger partial charge in [0.15, 0.2) is 0 Å². The van der Waals surface area contributed by atoms with Crippen LogP contribution in [0.25, 0.3) is 0 Å². The first-order chi connectivity index (χ1) is 12.2. The van der Waals surface area contributed by atoms with E-state index in [1.54, 1.807) is 36.3 Å². The number of methoxy groups -OCH3 is 1. The number of nitrogens with one attached hydrogen (secondary N) is 2. The molecule has 0 atom stereocenters. The lowest BCUT2D eigenvalue weighted by Gasteiger charge is -2.34. The van der Waals surface area contributed by atoms with Crippen molar-refractivity contribution in [3.05, 3.63) is 54.1 Å². The Labute approximate surface area is 149 Å². The SMILES string of the molecule is CC[NH+]1CCN(c2ccccc2NC(=O)c2ccc(OC)cc2)CC1. The number of piperazine rings is 1. The zero-order valence-corrected chi connectivity index (χ0v) is 14.9. The maximum atomic E-state index is 12.6. The van der Waals surface area contributed by atoms with E-state index in [1.807, 2.05) is 18.2 Å². The van der Waals surface area contributed by atoms with Gasteiger partial charge in [-0.15, -0.1) is 0 Å². The first-order valence-electron chi connectivity index (χ1n) is 8.84. The van der Waals surface area contributed by atoms with Gasteiger partial charge in [0.05, 0.1) is 51.2 Å².